The number of carbonyl (C=O) groups is 3. The molecule has 0 amide bonds. The predicted molar refractivity (Wildman–Crippen MR) is 302 cm³/mol. The van der Waals surface area contributed by atoms with Gasteiger partial charge in [-0.15, -0.1) is 0 Å². The Morgan fingerprint density at radius 2 is 0.557 bits per heavy atom. The monoisotopic (exact) mass is 975 g/mol. The van der Waals surface area contributed by atoms with Crippen molar-refractivity contribution in [2.24, 2.45) is 0 Å². The van der Waals surface area contributed by atoms with Crippen LogP contribution in [0.5, 0.6) is 0 Å². The van der Waals surface area contributed by atoms with E-state index in [9.17, 15) is 14.4 Å². The van der Waals surface area contributed by atoms with Crippen LogP contribution in [0.4, 0.5) is 0 Å². The molecule has 0 fully saturated rings. The SMILES string of the molecule is CC/C=C\C/C=C\C/C=C\C/C=C\C/C=C\C/C=C\C/C=C\CCCCCCCC(=O)OCC(COC(=O)CCCCCCCC)OC(=O)CCCCCCCCCCCCCCCCCCCCC. The molecule has 0 spiro atoms. The van der Waals surface area contributed by atoms with Crippen molar-refractivity contribution in [3.8, 4) is 0 Å². The molecule has 0 aromatic carbocycles. The van der Waals surface area contributed by atoms with Gasteiger partial charge in [0.15, 0.2) is 6.10 Å². The summed E-state index contributed by atoms with van der Waals surface area (Å²) in [7, 11) is 0. The van der Waals surface area contributed by atoms with Crippen LogP contribution in [0.2, 0.25) is 0 Å². The van der Waals surface area contributed by atoms with Crippen LogP contribution in [0.15, 0.2) is 85.1 Å². The molecule has 0 saturated heterocycles. The standard InChI is InChI=1S/C64H110O6/c1-4-7-10-13-16-18-20-22-24-26-28-29-30-31-32-33-34-35-37-38-40-42-44-46-48-51-54-57-63(66)69-60-61(59-68-62(65)56-53-50-15-12-9-6-3)70-64(67)58-55-52-49-47-45-43-41-39-36-27-25-23-21-19-17-14-11-8-5-2/h7,10,16,18,22,24,28-29,31-32,34-35,38,40,61H,4-6,8-9,11-15,17,19-21,23,25-27,30,33,36-37,39,41-60H2,1-3H3/b10-7-,18-16-,24-22-,29-28-,32-31-,35-34-,40-38-. The predicted octanol–water partition coefficient (Wildman–Crippen LogP) is 19.9. The van der Waals surface area contributed by atoms with E-state index in [0.717, 1.165) is 122 Å². The van der Waals surface area contributed by atoms with Crippen molar-refractivity contribution < 1.29 is 28.6 Å². The van der Waals surface area contributed by atoms with Crippen molar-refractivity contribution in [1.29, 1.82) is 0 Å². The average Bonchev–Trinajstić information content (AvgIpc) is 3.36. The topological polar surface area (TPSA) is 78.9 Å². The van der Waals surface area contributed by atoms with E-state index in [-0.39, 0.29) is 31.1 Å². The third kappa shape index (κ3) is 55.5. The second-order valence-electron chi connectivity index (χ2n) is 19.5. The van der Waals surface area contributed by atoms with Crippen LogP contribution >= 0.6 is 0 Å². The van der Waals surface area contributed by atoms with Crippen LogP contribution in [-0.2, 0) is 28.6 Å². The Morgan fingerprint density at radius 3 is 0.871 bits per heavy atom. The van der Waals surface area contributed by atoms with E-state index in [1.165, 1.54) is 122 Å². The van der Waals surface area contributed by atoms with Crippen LogP contribution in [-0.4, -0.2) is 37.2 Å². The van der Waals surface area contributed by atoms with Gasteiger partial charge in [0, 0.05) is 19.3 Å². The molecular weight excluding hydrogens is 865 g/mol. The molecule has 0 aliphatic carbocycles. The van der Waals surface area contributed by atoms with E-state index >= 15 is 0 Å². The Morgan fingerprint density at radius 1 is 0.300 bits per heavy atom. The lowest BCUT2D eigenvalue weighted by atomic mass is 10.0. The highest BCUT2D eigenvalue weighted by Crippen LogP contribution is 2.16. The minimum absolute atomic E-state index is 0.0806. The van der Waals surface area contributed by atoms with Gasteiger partial charge in [-0.2, -0.15) is 0 Å². The minimum Gasteiger partial charge on any atom is -0.462 e. The molecule has 0 rings (SSSR count). The van der Waals surface area contributed by atoms with Crippen molar-refractivity contribution in [3.63, 3.8) is 0 Å². The molecule has 6 heteroatoms. The van der Waals surface area contributed by atoms with E-state index < -0.39 is 6.10 Å². The van der Waals surface area contributed by atoms with Gasteiger partial charge in [-0.1, -0.05) is 273 Å². The fraction of sp³-hybridized carbons (Fsp3) is 0.734. The molecule has 0 aromatic heterocycles. The highest BCUT2D eigenvalue weighted by molar-refractivity contribution is 5.71. The Kier molecular flexibility index (Phi) is 55.3. The first-order chi connectivity index (χ1) is 34.5. The van der Waals surface area contributed by atoms with E-state index in [2.05, 4.69) is 106 Å². The number of esters is 3. The van der Waals surface area contributed by atoms with Crippen LogP contribution in [0.3, 0.4) is 0 Å². The van der Waals surface area contributed by atoms with Crippen LogP contribution in [0.25, 0.3) is 0 Å². The smallest absolute Gasteiger partial charge is 0.306 e. The lowest BCUT2D eigenvalue weighted by molar-refractivity contribution is -0.167. The molecular formula is C64H110O6. The third-order valence-corrected chi connectivity index (χ3v) is 12.7. The number of ether oxygens (including phenoxy) is 3. The quantitative estimate of drug-likeness (QED) is 0.0261. The molecule has 0 N–H and O–H groups in total. The van der Waals surface area contributed by atoms with E-state index in [0.29, 0.717) is 19.3 Å². The highest BCUT2D eigenvalue weighted by Gasteiger charge is 2.19. The summed E-state index contributed by atoms with van der Waals surface area (Å²) in [5, 5.41) is 0. The van der Waals surface area contributed by atoms with Crippen LogP contribution in [0, 0.1) is 0 Å². The van der Waals surface area contributed by atoms with Gasteiger partial charge in [0.1, 0.15) is 13.2 Å². The number of allylic oxidation sites excluding steroid dienone is 14. The van der Waals surface area contributed by atoms with E-state index in [4.69, 9.17) is 14.2 Å². The Labute approximate surface area is 433 Å². The van der Waals surface area contributed by atoms with Crippen LogP contribution < -0.4 is 0 Å². The number of carbonyl (C=O) groups excluding carboxylic acids is 3. The zero-order valence-corrected chi connectivity index (χ0v) is 46.0. The minimum atomic E-state index is -0.780. The first-order valence-corrected chi connectivity index (χ1v) is 29.6. The van der Waals surface area contributed by atoms with Gasteiger partial charge in [0.25, 0.3) is 0 Å². The molecule has 0 aliphatic rings. The van der Waals surface area contributed by atoms with Gasteiger partial charge in [0.05, 0.1) is 0 Å². The molecule has 0 aromatic rings. The highest BCUT2D eigenvalue weighted by atomic mass is 16.6. The normalized spacial score (nSPS) is 12.7. The summed E-state index contributed by atoms with van der Waals surface area (Å²) in [4.78, 5) is 37.9. The summed E-state index contributed by atoms with van der Waals surface area (Å²) in [6.45, 7) is 6.47. The Balaban J connectivity index is 4.18. The molecule has 0 saturated carbocycles. The van der Waals surface area contributed by atoms with E-state index in [1.807, 2.05) is 0 Å². The summed E-state index contributed by atoms with van der Waals surface area (Å²) in [6.07, 6.45) is 76.1. The van der Waals surface area contributed by atoms with Gasteiger partial charge >= 0.3 is 17.9 Å². The molecule has 0 bridgehead atoms. The third-order valence-electron chi connectivity index (χ3n) is 12.7. The van der Waals surface area contributed by atoms with Gasteiger partial charge in [-0.05, 0) is 77.0 Å². The maximum atomic E-state index is 12.8. The second kappa shape index (κ2) is 58.2. The molecule has 1 unspecified atom stereocenters. The van der Waals surface area contributed by atoms with Gasteiger partial charge < -0.3 is 14.2 Å². The van der Waals surface area contributed by atoms with Gasteiger partial charge in [-0.25, -0.2) is 0 Å². The first kappa shape index (κ1) is 66.6. The molecule has 402 valence electrons. The van der Waals surface area contributed by atoms with Gasteiger partial charge in [-0.3, -0.25) is 14.4 Å². The van der Waals surface area contributed by atoms with Crippen LogP contribution in [0.1, 0.15) is 284 Å². The Hall–Kier alpha value is -3.41. The second-order valence-corrected chi connectivity index (χ2v) is 19.5. The zero-order valence-electron chi connectivity index (χ0n) is 46.0. The van der Waals surface area contributed by atoms with Gasteiger partial charge in [0.2, 0.25) is 0 Å². The van der Waals surface area contributed by atoms with Crippen molar-refractivity contribution in [1.82, 2.24) is 0 Å². The van der Waals surface area contributed by atoms with Crippen molar-refractivity contribution in [2.45, 2.75) is 290 Å². The lowest BCUT2D eigenvalue weighted by Crippen LogP contribution is -2.30. The molecule has 70 heavy (non-hydrogen) atoms. The summed E-state index contributed by atoms with van der Waals surface area (Å²) >= 11 is 0. The number of hydrogen-bond acceptors (Lipinski definition) is 6. The number of rotatable bonds is 53. The fourth-order valence-corrected chi connectivity index (χ4v) is 8.25. The first-order valence-electron chi connectivity index (χ1n) is 29.6. The molecule has 1 atom stereocenters. The summed E-state index contributed by atoms with van der Waals surface area (Å²) < 4.78 is 16.8. The summed E-state index contributed by atoms with van der Waals surface area (Å²) in [6, 6.07) is 0. The summed E-state index contributed by atoms with van der Waals surface area (Å²) in [5.74, 6) is -0.902. The number of unbranched alkanes of at least 4 members (excludes halogenated alkanes) is 28. The van der Waals surface area contributed by atoms with Crippen molar-refractivity contribution in [3.05, 3.63) is 85.1 Å². The molecule has 0 heterocycles. The average molecular weight is 976 g/mol. The molecule has 0 aliphatic heterocycles. The lowest BCUT2D eigenvalue weighted by Gasteiger charge is -2.18. The maximum absolute atomic E-state index is 12.8. The zero-order chi connectivity index (χ0) is 50.7. The van der Waals surface area contributed by atoms with Crippen molar-refractivity contribution >= 4 is 17.9 Å². The Bertz CT molecular complexity index is 1350. The van der Waals surface area contributed by atoms with E-state index in [1.54, 1.807) is 0 Å². The maximum Gasteiger partial charge on any atom is 0.306 e. The number of hydrogen-bond donors (Lipinski definition) is 0. The molecule has 0 radical (unpaired) electrons. The molecule has 6 nitrogen and oxygen atoms in total. The van der Waals surface area contributed by atoms with Crippen molar-refractivity contribution in [2.75, 3.05) is 13.2 Å². The largest absolute Gasteiger partial charge is 0.462 e. The fourth-order valence-electron chi connectivity index (χ4n) is 8.25. The summed E-state index contributed by atoms with van der Waals surface area (Å²) in [5.41, 5.74) is 0.